The first-order valence-corrected chi connectivity index (χ1v) is 18.6. The highest BCUT2D eigenvalue weighted by Crippen LogP contribution is 2.65. The van der Waals surface area contributed by atoms with Crippen molar-refractivity contribution in [3.63, 3.8) is 0 Å². The number of fused-ring (bicyclic) bond motifs is 3. The van der Waals surface area contributed by atoms with Gasteiger partial charge in [0.25, 0.3) is 17.1 Å². The Balaban J connectivity index is 0.902. The molecule has 0 saturated carbocycles. The summed E-state index contributed by atoms with van der Waals surface area (Å²) < 4.78 is 58.5. The molecule has 3 fully saturated rings. The zero-order valence-electron chi connectivity index (χ0n) is 27.3. The Morgan fingerprint density at radius 3 is 2.49 bits per heavy atom. The number of anilines is 1. The smallest absolute Gasteiger partial charge is 0.387 e. The van der Waals surface area contributed by atoms with Crippen molar-refractivity contribution in [1.29, 1.82) is 0 Å². The predicted molar refractivity (Wildman–Crippen MR) is 172 cm³/mol. The minimum atomic E-state index is -5.38. The number of H-pyrrole nitrogens is 2. The molecule has 0 amide bonds. The Hall–Kier alpha value is -4.13. The molecule has 0 aliphatic carbocycles. The molecule has 26 heteroatoms. The number of nitrogens with two attached hydrogens (primary N) is 1. The van der Waals surface area contributed by atoms with E-state index in [2.05, 4.69) is 34.2 Å². The molecule has 282 valence electrons. The third-order valence-corrected chi connectivity index (χ3v) is 11.8. The maximum Gasteiger partial charge on any atom is 0.481 e. The van der Waals surface area contributed by atoms with E-state index >= 15 is 0 Å². The van der Waals surface area contributed by atoms with Crippen LogP contribution in [0.2, 0.25) is 0 Å². The van der Waals surface area contributed by atoms with E-state index in [-0.39, 0.29) is 28.1 Å². The summed E-state index contributed by atoms with van der Waals surface area (Å²) in [7, 11) is -10.7. The lowest BCUT2D eigenvalue weighted by atomic mass is 10.1. The summed E-state index contributed by atoms with van der Waals surface area (Å²) in [5.41, 5.74) is 6.91. The Labute approximate surface area is 293 Å². The van der Waals surface area contributed by atoms with Crippen LogP contribution in [0.1, 0.15) is 17.4 Å². The molecule has 3 aliphatic heterocycles. The van der Waals surface area contributed by atoms with E-state index < -0.39 is 88.9 Å². The lowest BCUT2D eigenvalue weighted by Crippen LogP contribution is -2.47. The zero-order valence-corrected chi connectivity index (χ0v) is 29.1. The van der Waals surface area contributed by atoms with Crippen LogP contribution in [-0.2, 0) is 43.2 Å². The fourth-order valence-electron chi connectivity index (χ4n) is 6.26. The van der Waals surface area contributed by atoms with E-state index in [9.17, 15) is 43.8 Å². The number of phosphoric ester groups is 2. The molecule has 0 bridgehead atoms. The minimum Gasteiger partial charge on any atom is -0.387 e. The average molecular weight is 783 g/mol. The number of benzene rings is 1. The van der Waals surface area contributed by atoms with Crippen molar-refractivity contribution >= 4 is 54.8 Å². The molecule has 0 radical (unpaired) electrons. The first-order chi connectivity index (χ1) is 24.9. The number of hydrogen-bond acceptors (Lipinski definition) is 18. The summed E-state index contributed by atoms with van der Waals surface area (Å²) in [5.74, 6) is -3.78. The number of nitrogens with zero attached hydrogens (tertiary/aromatic N) is 6. The lowest BCUT2D eigenvalue weighted by molar-refractivity contribution is -0.662. The van der Waals surface area contributed by atoms with Crippen LogP contribution in [-0.4, -0.2) is 109 Å². The third kappa shape index (κ3) is 6.16. The van der Waals surface area contributed by atoms with E-state index in [1.807, 2.05) is 13.8 Å². The Morgan fingerprint density at radius 2 is 1.74 bits per heavy atom. The molecule has 3 aliphatic rings. The van der Waals surface area contributed by atoms with E-state index in [0.29, 0.717) is 11.0 Å². The molecule has 9 N–H and O–H groups in total. The monoisotopic (exact) mass is 782 g/mol. The summed E-state index contributed by atoms with van der Waals surface area (Å²) in [6, 6.07) is 3.47. The van der Waals surface area contributed by atoms with E-state index in [0.717, 1.165) is 17.5 Å². The molecule has 4 aromatic heterocycles. The third-order valence-electron chi connectivity index (χ3n) is 9.16. The van der Waals surface area contributed by atoms with Gasteiger partial charge in [-0.25, -0.2) is 38.4 Å². The normalized spacial score (nSPS) is 30.3. The van der Waals surface area contributed by atoms with Gasteiger partial charge in [0, 0.05) is 0 Å². The molecule has 24 nitrogen and oxygen atoms in total. The van der Waals surface area contributed by atoms with Crippen molar-refractivity contribution in [2.24, 2.45) is 0 Å². The van der Waals surface area contributed by atoms with Crippen LogP contribution in [0.15, 0.2) is 34.4 Å². The molecular formula is C27H30N9O15P2+. The number of hydrogen-bond donors (Lipinski definition) is 8. The van der Waals surface area contributed by atoms with Gasteiger partial charge in [0.15, 0.2) is 29.8 Å². The maximum absolute atomic E-state index is 12.6. The highest BCUT2D eigenvalue weighted by Gasteiger charge is 2.88. The van der Waals surface area contributed by atoms with Crippen molar-refractivity contribution in [2.45, 2.75) is 62.6 Å². The number of nitrogen functional groups attached to an aromatic ring is 1. The van der Waals surface area contributed by atoms with Gasteiger partial charge >= 0.3 is 27.0 Å². The highest BCUT2D eigenvalue weighted by atomic mass is 31.3. The van der Waals surface area contributed by atoms with Gasteiger partial charge in [0.2, 0.25) is 5.52 Å². The molecule has 1 spiro atoms. The number of nitrogens with one attached hydrogen (secondary N) is 2. The molecule has 3 saturated heterocycles. The number of aromatic amines is 2. The number of imidazole rings is 1. The molecular weight excluding hydrogens is 752 g/mol. The summed E-state index contributed by atoms with van der Waals surface area (Å²) in [6.45, 7) is 1.60. The molecule has 7 heterocycles. The first kappa shape index (κ1) is 35.9. The molecule has 9 atom stereocenters. The van der Waals surface area contributed by atoms with Crippen LogP contribution in [0.4, 0.5) is 5.82 Å². The van der Waals surface area contributed by atoms with Gasteiger partial charge in [-0.15, -0.1) is 0 Å². The number of aromatic nitrogens is 8. The fraction of sp³-hybridized carbons (Fsp3) is 0.444. The largest absolute Gasteiger partial charge is 0.481 e. The number of rotatable bonds is 11. The van der Waals surface area contributed by atoms with E-state index in [1.165, 1.54) is 15.5 Å². The molecule has 2 unspecified atom stereocenters. The Bertz CT molecular complexity index is 2550. The number of epoxide rings is 2. The number of aryl methyl sites for hydroxylation is 2. The lowest BCUT2D eigenvalue weighted by Gasteiger charge is -2.19. The van der Waals surface area contributed by atoms with Crippen LogP contribution in [0.3, 0.4) is 0 Å². The summed E-state index contributed by atoms with van der Waals surface area (Å²) >= 11 is 0. The minimum absolute atomic E-state index is 0.0236. The second kappa shape index (κ2) is 12.2. The van der Waals surface area contributed by atoms with E-state index in [4.69, 9.17) is 29.0 Å². The summed E-state index contributed by atoms with van der Waals surface area (Å²) in [6.07, 6.45) is -4.77. The average Bonchev–Trinajstić information content (AvgIpc) is 3.80. The second-order valence-electron chi connectivity index (χ2n) is 12.6. The standard InChI is InChI=1S/C27H29N9O15P2/c1-10-3-12-13(4-11(10)2)35(22-17(32-12)23(39)34-25(40)33-22)7-26(41)27(50-26)15(49-27)6-47-53(44,45)51-52(42,43)46-5-14-18(37)19(38)24(48-14)36-9-31-16-20(28)29-8-30-21(16)36/h3-4,8-9,14-15,18-19,24,37-38,41H,5-7H2,1-2H3,(H5,28,29,30,34,39,40,42,43,44,45)/p+1/t14-,15-,18-,19-,24-,26-,27+/m1/s1. The number of phosphoric acid groups is 2. The predicted octanol–water partition coefficient (Wildman–Crippen LogP) is -2.23. The van der Waals surface area contributed by atoms with Gasteiger partial charge < -0.3 is 45.1 Å². The van der Waals surface area contributed by atoms with Crippen molar-refractivity contribution in [1.82, 2.24) is 34.5 Å². The fourth-order valence-corrected chi connectivity index (χ4v) is 8.34. The van der Waals surface area contributed by atoms with Crippen LogP contribution in [0, 0.1) is 13.8 Å². The number of aliphatic hydroxyl groups is 3. The van der Waals surface area contributed by atoms with Gasteiger partial charge in [-0.05, 0) is 37.1 Å². The van der Waals surface area contributed by atoms with Gasteiger partial charge in [-0.1, -0.05) is 0 Å². The molecule has 8 rings (SSSR count). The van der Waals surface area contributed by atoms with Crippen LogP contribution in [0.25, 0.3) is 33.4 Å². The van der Waals surface area contributed by atoms with Gasteiger partial charge in [-0.2, -0.15) is 9.29 Å². The summed E-state index contributed by atoms with van der Waals surface area (Å²) in [4.78, 5) is 66.1. The maximum atomic E-state index is 12.6. The van der Waals surface area contributed by atoms with Crippen LogP contribution in [0.5, 0.6) is 0 Å². The van der Waals surface area contributed by atoms with Crippen LogP contribution >= 0.6 is 15.6 Å². The second-order valence-corrected chi connectivity index (χ2v) is 15.7. The molecule has 53 heavy (non-hydrogen) atoms. The topological polar surface area (TPSA) is 349 Å². The summed E-state index contributed by atoms with van der Waals surface area (Å²) in [5, 5.41) is 32.4. The van der Waals surface area contributed by atoms with Crippen LogP contribution < -0.4 is 21.5 Å². The zero-order chi connectivity index (χ0) is 37.8. The Morgan fingerprint density at radius 1 is 1.02 bits per heavy atom. The Kier molecular flexibility index (Phi) is 8.25. The van der Waals surface area contributed by atoms with Gasteiger partial charge in [0.05, 0.1) is 19.5 Å². The van der Waals surface area contributed by atoms with Gasteiger partial charge in [-0.3, -0.25) is 23.4 Å². The molecule has 5 aromatic rings. The van der Waals surface area contributed by atoms with Crippen molar-refractivity contribution in [3.05, 3.63) is 56.8 Å². The number of ether oxygens (including phenoxy) is 3. The van der Waals surface area contributed by atoms with Crippen molar-refractivity contribution in [2.75, 3.05) is 18.9 Å². The highest BCUT2D eigenvalue weighted by molar-refractivity contribution is 7.61. The number of aliphatic hydroxyl groups excluding tert-OH is 2. The SMILES string of the molecule is Cc1cc2nc3c(=O)[nH]c(=O)[nH]c3[n+](C[C@@]3(O)O[C@]34O[C@@H]4COP(=O)(O)OP(=O)(O)OC[C@H]3O[C@@H](n4cnc5c(N)ncnc54)[C@H](O)[C@@H]3O)c2cc1C. The van der Waals surface area contributed by atoms with Gasteiger partial charge in [0.1, 0.15) is 41.8 Å². The molecule has 1 aromatic carbocycles. The quantitative estimate of drug-likeness (QED) is 0.0304. The van der Waals surface area contributed by atoms with Crippen molar-refractivity contribution < 1.29 is 66.4 Å². The van der Waals surface area contributed by atoms with Crippen molar-refractivity contribution in [3.8, 4) is 0 Å². The first-order valence-electron chi connectivity index (χ1n) is 15.6. The van der Waals surface area contributed by atoms with E-state index in [1.54, 1.807) is 12.1 Å².